The van der Waals surface area contributed by atoms with Crippen molar-refractivity contribution in [3.63, 3.8) is 0 Å². The number of nitrogens with one attached hydrogen (secondary N) is 1. The number of aryl methyl sites for hydroxylation is 1. The molecule has 0 aliphatic rings. The number of carbonyl (C=O) groups excluding carboxylic acids is 2. The van der Waals surface area contributed by atoms with Gasteiger partial charge in [-0.05, 0) is 37.6 Å². The monoisotopic (exact) mass is 423 g/mol. The van der Waals surface area contributed by atoms with E-state index in [0.717, 1.165) is 5.56 Å². The summed E-state index contributed by atoms with van der Waals surface area (Å²) in [5, 5.41) is 11.1. The highest BCUT2D eigenvalue weighted by Crippen LogP contribution is 2.40. The highest BCUT2D eigenvalue weighted by atomic mass is 35.5. The van der Waals surface area contributed by atoms with Gasteiger partial charge in [-0.2, -0.15) is 10.2 Å². The Morgan fingerprint density at radius 3 is 2.36 bits per heavy atom. The van der Waals surface area contributed by atoms with Gasteiger partial charge in [-0.25, -0.2) is 0 Å². The normalized spacial score (nSPS) is 11.9. The molecular formula is C19H19Cl2N3O4. The Hall–Kier alpha value is -2.64. The Balaban J connectivity index is 2.36. The van der Waals surface area contributed by atoms with Crippen molar-refractivity contribution in [2.75, 3.05) is 19.5 Å². The van der Waals surface area contributed by atoms with Crippen molar-refractivity contribution in [1.29, 1.82) is 0 Å². The predicted octanol–water partition coefficient (Wildman–Crippen LogP) is 5.00. The van der Waals surface area contributed by atoms with Crippen molar-refractivity contribution >= 4 is 46.3 Å². The predicted molar refractivity (Wildman–Crippen MR) is 108 cm³/mol. The smallest absolute Gasteiger partial charge is 0.259 e. The molecule has 0 spiro atoms. The summed E-state index contributed by atoms with van der Waals surface area (Å²) in [5.74, 6) is -0.683. The van der Waals surface area contributed by atoms with E-state index in [1.54, 1.807) is 37.3 Å². The number of anilines is 1. The molecule has 1 amide bonds. The summed E-state index contributed by atoms with van der Waals surface area (Å²) in [6, 6.07) is 6.96. The summed E-state index contributed by atoms with van der Waals surface area (Å²) in [4.78, 5) is 24.7. The second kappa shape index (κ2) is 9.52. The molecule has 0 bridgehead atoms. The SMILES string of the molecule is COc1ccc(Cl)c(OC)c1NC(=O)C(N=Nc1c(C)cccc1Cl)C(C)=O. The fourth-order valence-electron chi connectivity index (χ4n) is 2.40. The lowest BCUT2D eigenvalue weighted by molar-refractivity contribution is -0.126. The number of ether oxygens (including phenoxy) is 2. The van der Waals surface area contributed by atoms with Gasteiger partial charge >= 0.3 is 0 Å². The minimum absolute atomic E-state index is 0.192. The van der Waals surface area contributed by atoms with Crippen molar-refractivity contribution in [2.24, 2.45) is 10.2 Å². The van der Waals surface area contributed by atoms with Crippen LogP contribution in [0.2, 0.25) is 10.0 Å². The lowest BCUT2D eigenvalue weighted by Crippen LogP contribution is -2.32. The van der Waals surface area contributed by atoms with Crippen LogP contribution < -0.4 is 14.8 Å². The molecule has 9 heteroatoms. The van der Waals surface area contributed by atoms with E-state index in [9.17, 15) is 9.59 Å². The molecular weight excluding hydrogens is 405 g/mol. The maximum atomic E-state index is 12.7. The Kier molecular flexibility index (Phi) is 7.37. The molecule has 0 fully saturated rings. The van der Waals surface area contributed by atoms with Crippen LogP contribution >= 0.6 is 23.2 Å². The topological polar surface area (TPSA) is 89.3 Å². The Morgan fingerprint density at radius 2 is 1.79 bits per heavy atom. The zero-order valence-corrected chi connectivity index (χ0v) is 17.3. The number of nitrogens with zero attached hydrogens (tertiary/aromatic N) is 2. The minimum Gasteiger partial charge on any atom is -0.494 e. The fourth-order valence-corrected chi connectivity index (χ4v) is 2.90. The van der Waals surface area contributed by atoms with Crippen LogP contribution in [0.25, 0.3) is 0 Å². The van der Waals surface area contributed by atoms with E-state index in [4.69, 9.17) is 32.7 Å². The van der Waals surface area contributed by atoms with Gasteiger partial charge in [0.25, 0.3) is 5.91 Å². The van der Waals surface area contributed by atoms with Gasteiger partial charge in [0.15, 0.2) is 11.5 Å². The molecule has 1 N–H and O–H groups in total. The standard InChI is InChI=1S/C19H19Cl2N3O4/c1-10-6-5-7-12(20)15(10)23-24-16(11(2)25)19(26)22-17-14(27-3)9-8-13(21)18(17)28-4/h5-9,16H,1-4H3,(H,22,26). The summed E-state index contributed by atoms with van der Waals surface area (Å²) >= 11 is 12.2. The summed E-state index contributed by atoms with van der Waals surface area (Å²) < 4.78 is 10.5. The first kappa shape index (κ1) is 21.7. The van der Waals surface area contributed by atoms with Gasteiger partial charge in [-0.3, -0.25) is 9.59 Å². The number of hydrogen-bond acceptors (Lipinski definition) is 6. The highest BCUT2D eigenvalue weighted by molar-refractivity contribution is 6.33. The van der Waals surface area contributed by atoms with Gasteiger partial charge < -0.3 is 14.8 Å². The Morgan fingerprint density at radius 1 is 1.07 bits per heavy atom. The Labute approximate surface area is 172 Å². The summed E-state index contributed by atoms with van der Waals surface area (Å²) in [7, 11) is 2.83. The third-order valence-corrected chi connectivity index (χ3v) is 4.44. The number of rotatable bonds is 7. The summed E-state index contributed by atoms with van der Waals surface area (Å²) in [6.45, 7) is 3.04. The van der Waals surface area contributed by atoms with Crippen LogP contribution in [0.5, 0.6) is 11.5 Å². The summed E-state index contributed by atoms with van der Waals surface area (Å²) in [5.41, 5.74) is 1.34. The van der Waals surface area contributed by atoms with E-state index in [-0.39, 0.29) is 16.5 Å². The van der Waals surface area contributed by atoms with Crippen LogP contribution in [0.4, 0.5) is 11.4 Å². The molecule has 0 saturated carbocycles. The van der Waals surface area contributed by atoms with Crippen molar-refractivity contribution in [1.82, 2.24) is 0 Å². The van der Waals surface area contributed by atoms with Gasteiger partial charge in [-0.15, -0.1) is 0 Å². The second-order valence-corrected chi connectivity index (χ2v) is 6.60. The number of Topliss-reactive ketones (excluding diaryl/α,β-unsaturated/α-hetero) is 1. The van der Waals surface area contributed by atoms with Crippen LogP contribution in [0.1, 0.15) is 12.5 Å². The van der Waals surface area contributed by atoms with Crippen LogP contribution in [-0.4, -0.2) is 32.0 Å². The number of methoxy groups -OCH3 is 2. The molecule has 0 aromatic heterocycles. The van der Waals surface area contributed by atoms with Crippen molar-refractivity contribution in [2.45, 2.75) is 19.9 Å². The van der Waals surface area contributed by atoms with E-state index in [1.807, 2.05) is 0 Å². The van der Waals surface area contributed by atoms with Crippen LogP contribution in [-0.2, 0) is 9.59 Å². The van der Waals surface area contributed by atoms with Crippen molar-refractivity contribution in [3.05, 3.63) is 45.9 Å². The zero-order chi connectivity index (χ0) is 20.8. The van der Waals surface area contributed by atoms with Crippen LogP contribution in [0.15, 0.2) is 40.6 Å². The molecule has 0 saturated heterocycles. The lowest BCUT2D eigenvalue weighted by atomic mass is 10.2. The second-order valence-electron chi connectivity index (χ2n) is 5.78. The van der Waals surface area contributed by atoms with Gasteiger partial charge in [0, 0.05) is 0 Å². The van der Waals surface area contributed by atoms with E-state index in [1.165, 1.54) is 21.1 Å². The number of benzene rings is 2. The molecule has 2 aromatic carbocycles. The van der Waals surface area contributed by atoms with Gasteiger partial charge in [-0.1, -0.05) is 35.3 Å². The molecule has 1 unspecified atom stereocenters. The lowest BCUT2D eigenvalue weighted by Gasteiger charge is -2.16. The number of hydrogen-bond donors (Lipinski definition) is 1. The number of amides is 1. The first-order valence-corrected chi connectivity index (χ1v) is 8.93. The molecule has 1 atom stereocenters. The minimum atomic E-state index is -1.39. The summed E-state index contributed by atoms with van der Waals surface area (Å²) in [6.07, 6.45) is 0. The average molecular weight is 424 g/mol. The maximum Gasteiger partial charge on any atom is 0.259 e. The first-order valence-electron chi connectivity index (χ1n) is 8.17. The molecule has 0 heterocycles. The molecule has 0 aliphatic heterocycles. The quantitative estimate of drug-likeness (QED) is 0.501. The van der Waals surface area contributed by atoms with Crippen LogP contribution in [0, 0.1) is 6.92 Å². The Bertz CT molecular complexity index is 911. The van der Waals surface area contributed by atoms with Gasteiger partial charge in [0.1, 0.15) is 17.1 Å². The molecule has 7 nitrogen and oxygen atoms in total. The number of halogens is 2. The molecule has 28 heavy (non-hydrogen) atoms. The van der Waals surface area contributed by atoms with Crippen molar-refractivity contribution < 1.29 is 19.1 Å². The van der Waals surface area contributed by atoms with E-state index in [2.05, 4.69) is 15.5 Å². The van der Waals surface area contributed by atoms with Gasteiger partial charge in [0.05, 0.1) is 24.3 Å². The third kappa shape index (κ3) is 4.79. The van der Waals surface area contributed by atoms with Gasteiger partial charge in [0.2, 0.25) is 6.04 Å². The highest BCUT2D eigenvalue weighted by Gasteiger charge is 2.26. The molecule has 0 aliphatic carbocycles. The molecule has 148 valence electrons. The largest absolute Gasteiger partial charge is 0.494 e. The first-order chi connectivity index (χ1) is 13.3. The van der Waals surface area contributed by atoms with E-state index in [0.29, 0.717) is 16.5 Å². The number of ketones is 1. The maximum absolute atomic E-state index is 12.7. The zero-order valence-electron chi connectivity index (χ0n) is 15.7. The van der Waals surface area contributed by atoms with Crippen LogP contribution in [0.3, 0.4) is 0 Å². The molecule has 2 rings (SSSR count). The molecule has 0 radical (unpaired) electrons. The van der Waals surface area contributed by atoms with E-state index >= 15 is 0 Å². The average Bonchev–Trinajstić information content (AvgIpc) is 2.64. The fraction of sp³-hybridized carbons (Fsp3) is 0.263. The third-order valence-electron chi connectivity index (χ3n) is 3.84. The van der Waals surface area contributed by atoms with Crippen molar-refractivity contribution in [3.8, 4) is 11.5 Å². The number of carbonyl (C=O) groups is 2. The number of azo groups is 1. The van der Waals surface area contributed by atoms with E-state index < -0.39 is 17.7 Å². The molecule has 2 aromatic rings.